The first-order valence-corrected chi connectivity index (χ1v) is 8.36. The summed E-state index contributed by atoms with van der Waals surface area (Å²) in [6.07, 6.45) is 3.67. The van der Waals surface area contributed by atoms with Crippen LogP contribution in [0.1, 0.15) is 40.5 Å². The van der Waals surface area contributed by atoms with E-state index >= 15 is 0 Å². The number of hydrogen-bond donors (Lipinski definition) is 2. The summed E-state index contributed by atoms with van der Waals surface area (Å²) in [7, 11) is 0. The van der Waals surface area contributed by atoms with Crippen molar-refractivity contribution < 1.29 is 14.6 Å². The quantitative estimate of drug-likeness (QED) is 0.905. The van der Waals surface area contributed by atoms with Gasteiger partial charge in [0.05, 0.1) is 18.8 Å². The lowest BCUT2D eigenvalue weighted by Crippen LogP contribution is -2.41. The number of aliphatic hydroxyl groups is 1. The summed E-state index contributed by atoms with van der Waals surface area (Å²) in [4.78, 5) is 16.6. The number of pyridine rings is 1. The van der Waals surface area contributed by atoms with Crippen molar-refractivity contribution in [2.45, 2.75) is 31.4 Å². The molecule has 1 amide bonds. The van der Waals surface area contributed by atoms with E-state index in [2.05, 4.69) is 16.4 Å². The number of fused-ring (bicyclic) bond motifs is 1. The van der Waals surface area contributed by atoms with E-state index in [4.69, 9.17) is 4.74 Å². The molecule has 1 fully saturated rings. The lowest BCUT2D eigenvalue weighted by atomic mass is 9.74. The molecule has 1 aliphatic carbocycles. The molecule has 0 bridgehead atoms. The van der Waals surface area contributed by atoms with Crippen molar-refractivity contribution in [2.24, 2.45) is 5.92 Å². The summed E-state index contributed by atoms with van der Waals surface area (Å²) in [5.41, 5.74) is 2.66. The van der Waals surface area contributed by atoms with Gasteiger partial charge in [0.15, 0.2) is 0 Å². The Balaban J connectivity index is 1.59. The number of ether oxygens (including phenoxy) is 1. The van der Waals surface area contributed by atoms with Gasteiger partial charge in [-0.05, 0) is 54.2 Å². The van der Waals surface area contributed by atoms with Crippen LogP contribution in [0.4, 0.5) is 0 Å². The number of nitrogens with zero attached hydrogens (tertiary/aromatic N) is 1. The molecule has 1 aromatic heterocycles. The topological polar surface area (TPSA) is 71.5 Å². The third-order valence-electron chi connectivity index (χ3n) is 4.88. The van der Waals surface area contributed by atoms with Crippen LogP contribution in [0.3, 0.4) is 0 Å². The maximum atomic E-state index is 12.5. The zero-order valence-electron chi connectivity index (χ0n) is 13.3. The van der Waals surface area contributed by atoms with Crippen molar-refractivity contribution in [3.63, 3.8) is 0 Å². The molecule has 124 valence electrons. The number of nitrogens with one attached hydrogen (secondary N) is 1. The van der Waals surface area contributed by atoms with Crippen molar-refractivity contribution in [2.75, 3.05) is 6.61 Å². The molecule has 2 aromatic rings. The number of carbonyl (C=O) groups is 1. The third-order valence-corrected chi connectivity index (χ3v) is 4.88. The first kappa shape index (κ1) is 15.1. The summed E-state index contributed by atoms with van der Waals surface area (Å²) in [6.45, 7) is 0.714. The van der Waals surface area contributed by atoms with Crippen LogP contribution in [-0.4, -0.2) is 28.7 Å². The molecule has 1 atom stereocenters. The molecule has 5 nitrogen and oxygen atoms in total. The van der Waals surface area contributed by atoms with E-state index in [1.54, 1.807) is 24.4 Å². The van der Waals surface area contributed by atoms with Gasteiger partial charge in [-0.15, -0.1) is 0 Å². The van der Waals surface area contributed by atoms with Crippen molar-refractivity contribution >= 4 is 5.91 Å². The van der Waals surface area contributed by atoms with Crippen LogP contribution in [0, 0.1) is 5.92 Å². The number of aliphatic hydroxyl groups excluding tert-OH is 1. The smallest absolute Gasteiger partial charge is 0.270 e. The van der Waals surface area contributed by atoms with Crippen molar-refractivity contribution in [3.8, 4) is 5.75 Å². The number of aromatic nitrogens is 1. The highest BCUT2D eigenvalue weighted by atomic mass is 16.5. The van der Waals surface area contributed by atoms with Crippen molar-refractivity contribution in [3.05, 3.63) is 59.4 Å². The van der Waals surface area contributed by atoms with Crippen LogP contribution >= 0.6 is 0 Å². The minimum absolute atomic E-state index is 0.117. The lowest BCUT2D eigenvalue weighted by molar-refractivity contribution is 0.0234. The van der Waals surface area contributed by atoms with Crippen LogP contribution in [0.25, 0.3) is 0 Å². The van der Waals surface area contributed by atoms with E-state index in [1.807, 2.05) is 12.1 Å². The molecule has 2 aliphatic rings. The molecule has 2 heterocycles. The second-order valence-electron chi connectivity index (χ2n) is 6.52. The Morgan fingerprint density at radius 3 is 2.92 bits per heavy atom. The van der Waals surface area contributed by atoms with E-state index in [0.717, 1.165) is 17.7 Å². The van der Waals surface area contributed by atoms with Gasteiger partial charge in [0.25, 0.3) is 5.91 Å². The van der Waals surface area contributed by atoms with Crippen LogP contribution in [0.15, 0.2) is 42.6 Å². The molecule has 1 saturated carbocycles. The maximum Gasteiger partial charge on any atom is 0.270 e. The average Bonchev–Trinajstić information content (AvgIpc) is 3.05. The number of rotatable bonds is 4. The van der Waals surface area contributed by atoms with Gasteiger partial charge in [-0.3, -0.25) is 9.78 Å². The van der Waals surface area contributed by atoms with Crippen molar-refractivity contribution in [1.82, 2.24) is 10.3 Å². The van der Waals surface area contributed by atoms with Gasteiger partial charge in [-0.25, -0.2) is 0 Å². The largest absolute Gasteiger partial charge is 0.493 e. The summed E-state index contributed by atoms with van der Waals surface area (Å²) < 4.78 is 5.56. The molecule has 1 unspecified atom stereocenters. The molecule has 0 spiro atoms. The molecule has 1 aromatic carbocycles. The zero-order valence-corrected chi connectivity index (χ0v) is 13.3. The highest BCUT2D eigenvalue weighted by Gasteiger charge is 2.36. The van der Waals surface area contributed by atoms with Gasteiger partial charge in [-0.2, -0.15) is 0 Å². The molecular formula is C19H20N2O3. The second kappa shape index (κ2) is 6.24. The molecule has 1 aliphatic heterocycles. The Labute approximate surface area is 140 Å². The van der Waals surface area contributed by atoms with Gasteiger partial charge in [0, 0.05) is 12.6 Å². The SMILES string of the molecule is O=C(NC(c1ccc2c(c1)CCO2)C1CC(O)C1)c1ccccn1. The van der Waals surface area contributed by atoms with E-state index in [-0.39, 0.29) is 24.0 Å². The molecular weight excluding hydrogens is 304 g/mol. The van der Waals surface area contributed by atoms with Gasteiger partial charge in [0.2, 0.25) is 0 Å². The summed E-state index contributed by atoms with van der Waals surface area (Å²) in [5, 5.41) is 12.8. The van der Waals surface area contributed by atoms with E-state index in [1.165, 1.54) is 5.56 Å². The zero-order chi connectivity index (χ0) is 16.5. The van der Waals surface area contributed by atoms with Crippen molar-refractivity contribution in [1.29, 1.82) is 0 Å². The Kier molecular flexibility index (Phi) is 3.94. The fourth-order valence-corrected chi connectivity index (χ4v) is 3.49. The molecule has 5 heteroatoms. The first-order chi connectivity index (χ1) is 11.7. The molecule has 2 N–H and O–H groups in total. The van der Waals surface area contributed by atoms with E-state index < -0.39 is 0 Å². The van der Waals surface area contributed by atoms with E-state index in [0.29, 0.717) is 25.1 Å². The highest BCUT2D eigenvalue weighted by Crippen LogP contribution is 2.39. The summed E-state index contributed by atoms with van der Waals surface area (Å²) in [5.74, 6) is 0.994. The third kappa shape index (κ3) is 2.87. The Morgan fingerprint density at radius 2 is 2.17 bits per heavy atom. The molecule has 0 radical (unpaired) electrons. The summed E-state index contributed by atoms with van der Waals surface area (Å²) in [6, 6.07) is 11.3. The Bertz CT molecular complexity index is 742. The van der Waals surface area contributed by atoms with Crippen LogP contribution < -0.4 is 10.1 Å². The lowest BCUT2D eigenvalue weighted by Gasteiger charge is -2.38. The standard InChI is InChI=1S/C19H20N2O3/c22-15-10-14(11-15)18(21-19(23)16-3-1-2-7-20-16)13-4-5-17-12(9-13)6-8-24-17/h1-5,7,9,14-15,18,22H,6,8,10-11H2,(H,21,23). The van der Waals surface area contributed by atoms with Crippen LogP contribution in [0.2, 0.25) is 0 Å². The number of hydrogen-bond acceptors (Lipinski definition) is 4. The van der Waals surface area contributed by atoms with Crippen LogP contribution in [0.5, 0.6) is 5.75 Å². The fourth-order valence-electron chi connectivity index (χ4n) is 3.49. The predicted molar refractivity (Wildman–Crippen MR) is 88.8 cm³/mol. The first-order valence-electron chi connectivity index (χ1n) is 8.36. The summed E-state index contributed by atoms with van der Waals surface area (Å²) >= 11 is 0. The number of carbonyl (C=O) groups excluding carboxylic acids is 1. The van der Waals surface area contributed by atoms with Gasteiger partial charge in [0.1, 0.15) is 11.4 Å². The van der Waals surface area contributed by atoms with Gasteiger partial charge in [-0.1, -0.05) is 12.1 Å². The normalized spacial score (nSPS) is 22.9. The fraction of sp³-hybridized carbons (Fsp3) is 0.368. The predicted octanol–water partition coefficient (Wildman–Crippen LogP) is 2.26. The van der Waals surface area contributed by atoms with Crippen LogP contribution in [-0.2, 0) is 6.42 Å². The highest BCUT2D eigenvalue weighted by molar-refractivity contribution is 5.92. The monoisotopic (exact) mass is 324 g/mol. The number of benzene rings is 1. The van der Waals surface area contributed by atoms with Gasteiger partial charge < -0.3 is 15.2 Å². The second-order valence-corrected chi connectivity index (χ2v) is 6.52. The van der Waals surface area contributed by atoms with E-state index in [9.17, 15) is 9.90 Å². The average molecular weight is 324 g/mol. The Morgan fingerprint density at radius 1 is 1.29 bits per heavy atom. The number of amides is 1. The molecule has 24 heavy (non-hydrogen) atoms. The van der Waals surface area contributed by atoms with Gasteiger partial charge >= 0.3 is 0 Å². The minimum atomic E-state index is -0.262. The Hall–Kier alpha value is -2.40. The molecule has 4 rings (SSSR count). The molecule has 0 saturated heterocycles. The maximum absolute atomic E-state index is 12.5. The minimum Gasteiger partial charge on any atom is -0.493 e.